The number of hydrogen-bond acceptors (Lipinski definition) is 3. The summed E-state index contributed by atoms with van der Waals surface area (Å²) >= 11 is 11.7. The summed E-state index contributed by atoms with van der Waals surface area (Å²) in [6.45, 7) is 0.369. The van der Waals surface area contributed by atoms with Gasteiger partial charge in [0.05, 0.1) is 21.5 Å². The predicted molar refractivity (Wildman–Crippen MR) is 87.0 cm³/mol. The third kappa shape index (κ3) is 4.61. The molecule has 21 heavy (non-hydrogen) atoms. The average Bonchev–Trinajstić information content (AvgIpc) is 2.42. The molecule has 0 aliphatic heterocycles. The Kier molecular flexibility index (Phi) is 5.11. The summed E-state index contributed by atoms with van der Waals surface area (Å²) in [5.41, 5.74) is 7.48. The van der Waals surface area contributed by atoms with E-state index in [0.717, 1.165) is 5.56 Å². The van der Waals surface area contributed by atoms with E-state index in [2.05, 4.69) is 4.72 Å². The molecule has 0 heterocycles. The summed E-state index contributed by atoms with van der Waals surface area (Å²) < 4.78 is 26.8. The highest BCUT2D eigenvalue weighted by Crippen LogP contribution is 2.25. The summed E-state index contributed by atoms with van der Waals surface area (Å²) in [4.78, 5) is 0. The lowest BCUT2D eigenvalue weighted by atomic mass is 10.1. The molecule has 0 radical (unpaired) electrons. The molecule has 7 heteroatoms. The van der Waals surface area contributed by atoms with Crippen LogP contribution >= 0.6 is 23.2 Å². The summed E-state index contributed by atoms with van der Waals surface area (Å²) in [5, 5.41) is 0.664. The second-order valence-corrected chi connectivity index (χ2v) is 7.05. The van der Waals surface area contributed by atoms with Crippen LogP contribution in [-0.2, 0) is 22.3 Å². The Morgan fingerprint density at radius 1 is 1.00 bits per heavy atom. The Bertz CT molecular complexity index is 748. The maximum atomic E-state index is 12.1. The SMILES string of the molecule is NCc1cccc(CS(=O)(=O)Nc2ccc(Cl)c(Cl)c2)c1. The topological polar surface area (TPSA) is 72.2 Å². The first kappa shape index (κ1) is 16.1. The number of sulfonamides is 1. The van der Waals surface area contributed by atoms with Crippen molar-refractivity contribution in [1.29, 1.82) is 0 Å². The molecule has 4 nitrogen and oxygen atoms in total. The molecule has 0 saturated carbocycles. The first-order valence-electron chi connectivity index (χ1n) is 6.13. The monoisotopic (exact) mass is 344 g/mol. The second kappa shape index (κ2) is 6.66. The highest BCUT2D eigenvalue weighted by atomic mass is 35.5. The second-order valence-electron chi connectivity index (χ2n) is 4.51. The molecular weight excluding hydrogens is 331 g/mol. The van der Waals surface area contributed by atoms with E-state index in [-0.39, 0.29) is 5.75 Å². The van der Waals surface area contributed by atoms with Crippen LogP contribution in [0.2, 0.25) is 10.0 Å². The highest BCUT2D eigenvalue weighted by molar-refractivity contribution is 7.91. The standard InChI is InChI=1S/C14H14Cl2N2O2S/c15-13-5-4-12(7-14(13)16)18-21(19,20)9-11-3-1-2-10(6-11)8-17/h1-7,18H,8-9,17H2. The van der Waals surface area contributed by atoms with Gasteiger partial charge in [-0.2, -0.15) is 0 Å². The van der Waals surface area contributed by atoms with Crippen LogP contribution in [0.4, 0.5) is 5.69 Å². The smallest absolute Gasteiger partial charge is 0.236 e. The van der Waals surface area contributed by atoms with Crippen LogP contribution in [0, 0.1) is 0 Å². The molecular formula is C14H14Cl2N2O2S. The van der Waals surface area contributed by atoms with Crippen molar-refractivity contribution in [1.82, 2.24) is 0 Å². The minimum atomic E-state index is -3.53. The van der Waals surface area contributed by atoms with Crippen LogP contribution in [0.1, 0.15) is 11.1 Å². The first-order chi connectivity index (χ1) is 9.89. The highest BCUT2D eigenvalue weighted by Gasteiger charge is 2.13. The minimum Gasteiger partial charge on any atom is -0.326 e. The Balaban J connectivity index is 2.16. The molecule has 3 N–H and O–H groups in total. The van der Waals surface area contributed by atoms with Crippen LogP contribution in [-0.4, -0.2) is 8.42 Å². The zero-order chi connectivity index (χ0) is 15.5. The minimum absolute atomic E-state index is 0.138. The Morgan fingerprint density at radius 3 is 2.38 bits per heavy atom. The van der Waals surface area contributed by atoms with E-state index in [1.807, 2.05) is 6.07 Å². The van der Waals surface area contributed by atoms with Crippen LogP contribution in [0.25, 0.3) is 0 Å². The normalized spacial score (nSPS) is 11.4. The van der Waals surface area contributed by atoms with E-state index in [0.29, 0.717) is 27.8 Å². The van der Waals surface area contributed by atoms with E-state index in [9.17, 15) is 8.42 Å². The third-order valence-corrected chi connectivity index (χ3v) is 4.78. The van der Waals surface area contributed by atoms with Crippen molar-refractivity contribution in [3.05, 3.63) is 63.6 Å². The predicted octanol–water partition coefficient (Wildman–Crippen LogP) is 3.39. The molecule has 0 bridgehead atoms. The number of anilines is 1. The molecule has 2 rings (SSSR count). The Hall–Kier alpha value is -1.27. The maximum Gasteiger partial charge on any atom is 0.236 e. The summed E-state index contributed by atoms with van der Waals surface area (Å²) in [6.07, 6.45) is 0. The van der Waals surface area contributed by atoms with Gasteiger partial charge in [0.15, 0.2) is 0 Å². The lowest BCUT2D eigenvalue weighted by Crippen LogP contribution is -2.15. The average molecular weight is 345 g/mol. The van der Waals surface area contributed by atoms with Crippen LogP contribution in [0.15, 0.2) is 42.5 Å². The van der Waals surface area contributed by atoms with Crippen LogP contribution in [0.5, 0.6) is 0 Å². The lowest BCUT2D eigenvalue weighted by molar-refractivity contribution is 0.600. The van der Waals surface area contributed by atoms with Gasteiger partial charge < -0.3 is 5.73 Å². The molecule has 0 fully saturated rings. The van der Waals surface area contributed by atoms with E-state index in [1.54, 1.807) is 24.3 Å². The van der Waals surface area contributed by atoms with Gasteiger partial charge in [-0.15, -0.1) is 0 Å². The molecule has 0 aliphatic carbocycles. The van der Waals surface area contributed by atoms with Gasteiger partial charge in [-0.1, -0.05) is 47.5 Å². The van der Waals surface area contributed by atoms with Gasteiger partial charge in [0, 0.05) is 6.54 Å². The van der Waals surface area contributed by atoms with E-state index < -0.39 is 10.0 Å². The van der Waals surface area contributed by atoms with Crippen molar-refractivity contribution in [2.24, 2.45) is 5.73 Å². The first-order valence-corrected chi connectivity index (χ1v) is 8.54. The van der Waals surface area contributed by atoms with Gasteiger partial charge >= 0.3 is 0 Å². The third-order valence-electron chi connectivity index (χ3n) is 2.78. The Morgan fingerprint density at radius 2 is 1.71 bits per heavy atom. The number of hydrogen-bond donors (Lipinski definition) is 2. The fraction of sp³-hybridized carbons (Fsp3) is 0.143. The summed E-state index contributed by atoms with van der Waals surface area (Å²) in [5.74, 6) is -0.138. The van der Waals surface area contributed by atoms with Crippen LogP contribution in [0.3, 0.4) is 0 Å². The molecule has 0 atom stereocenters. The van der Waals surface area contributed by atoms with Crippen molar-refractivity contribution >= 4 is 38.9 Å². The van der Waals surface area contributed by atoms with Crippen molar-refractivity contribution in [2.75, 3.05) is 4.72 Å². The molecule has 0 amide bonds. The molecule has 112 valence electrons. The molecule has 0 unspecified atom stereocenters. The molecule has 0 aromatic heterocycles. The van der Waals surface area contributed by atoms with Crippen molar-refractivity contribution in [3.63, 3.8) is 0 Å². The van der Waals surface area contributed by atoms with Gasteiger partial charge in [0.2, 0.25) is 10.0 Å². The molecule has 0 saturated heterocycles. The number of benzene rings is 2. The molecule has 0 spiro atoms. The van der Waals surface area contributed by atoms with E-state index >= 15 is 0 Å². The van der Waals surface area contributed by atoms with Crippen molar-refractivity contribution in [2.45, 2.75) is 12.3 Å². The number of nitrogens with one attached hydrogen (secondary N) is 1. The van der Waals surface area contributed by atoms with Crippen molar-refractivity contribution in [3.8, 4) is 0 Å². The zero-order valence-corrected chi connectivity index (χ0v) is 13.3. The fourth-order valence-corrected chi connectivity index (χ4v) is 3.32. The fourth-order valence-electron chi connectivity index (χ4n) is 1.84. The van der Waals surface area contributed by atoms with Gasteiger partial charge in [-0.25, -0.2) is 8.42 Å². The van der Waals surface area contributed by atoms with Gasteiger partial charge in [-0.05, 0) is 29.3 Å². The molecule has 2 aromatic rings. The molecule has 0 aliphatic rings. The van der Waals surface area contributed by atoms with Gasteiger partial charge in [-0.3, -0.25) is 4.72 Å². The number of rotatable bonds is 5. The van der Waals surface area contributed by atoms with Gasteiger partial charge in [0.1, 0.15) is 0 Å². The molecule has 2 aromatic carbocycles. The van der Waals surface area contributed by atoms with E-state index in [1.165, 1.54) is 12.1 Å². The number of nitrogens with two attached hydrogens (primary N) is 1. The van der Waals surface area contributed by atoms with Gasteiger partial charge in [0.25, 0.3) is 0 Å². The van der Waals surface area contributed by atoms with Crippen molar-refractivity contribution < 1.29 is 8.42 Å². The quantitative estimate of drug-likeness (QED) is 0.872. The summed E-state index contributed by atoms with van der Waals surface area (Å²) in [7, 11) is -3.53. The lowest BCUT2D eigenvalue weighted by Gasteiger charge is -2.09. The number of halogens is 2. The van der Waals surface area contributed by atoms with E-state index in [4.69, 9.17) is 28.9 Å². The maximum absolute atomic E-state index is 12.1. The largest absolute Gasteiger partial charge is 0.326 e. The van der Waals surface area contributed by atoms with Crippen LogP contribution < -0.4 is 10.5 Å². The zero-order valence-electron chi connectivity index (χ0n) is 11.0. The Labute approximate surface area is 133 Å². The summed E-state index contributed by atoms with van der Waals surface area (Å²) in [6, 6.07) is 11.7.